The number of thiophene rings is 1. The van der Waals surface area contributed by atoms with Gasteiger partial charge in [-0.05, 0) is 31.9 Å². The zero-order chi connectivity index (χ0) is 28.7. The summed E-state index contributed by atoms with van der Waals surface area (Å²) < 4.78 is 54.9. The van der Waals surface area contributed by atoms with Gasteiger partial charge in [-0.1, -0.05) is 23.1 Å². The van der Waals surface area contributed by atoms with Crippen molar-refractivity contribution < 1.29 is 27.2 Å². The van der Waals surface area contributed by atoms with Crippen molar-refractivity contribution in [2.24, 2.45) is 5.73 Å². The smallest absolute Gasteiger partial charge is 0.234 e. The summed E-state index contributed by atoms with van der Waals surface area (Å²) in [4.78, 5) is 28.8. The van der Waals surface area contributed by atoms with Crippen molar-refractivity contribution in [3.05, 3.63) is 73.9 Å². The number of allylic oxidation sites excluding steroid dienone is 3. The third kappa shape index (κ3) is 4.98. The van der Waals surface area contributed by atoms with E-state index in [1.165, 1.54) is 11.3 Å². The fourth-order valence-electron chi connectivity index (χ4n) is 4.53. The highest BCUT2D eigenvalue weighted by molar-refractivity contribution is 8.01. The Balaban J connectivity index is 1.40. The molecule has 1 unspecified atom stereocenters. The van der Waals surface area contributed by atoms with Gasteiger partial charge in [0, 0.05) is 33.5 Å². The fraction of sp³-hybridized carbons (Fsp3) is 0.240. The predicted molar refractivity (Wildman–Crippen MR) is 143 cm³/mol. The van der Waals surface area contributed by atoms with E-state index in [2.05, 4.69) is 16.3 Å². The molecule has 0 spiro atoms. The van der Waals surface area contributed by atoms with Crippen molar-refractivity contribution in [1.29, 1.82) is 5.26 Å². The Kier molecular flexibility index (Phi) is 7.67. The number of benzene rings is 1. The van der Waals surface area contributed by atoms with Gasteiger partial charge in [-0.25, -0.2) is 17.6 Å². The molecular formula is C25H18F4N6O2S3. The Labute approximate surface area is 237 Å². The molecule has 15 heteroatoms. The number of nitriles is 1. The molecule has 3 heterocycles. The summed E-state index contributed by atoms with van der Waals surface area (Å²) >= 11 is 3.37. The highest BCUT2D eigenvalue weighted by Crippen LogP contribution is 2.48. The van der Waals surface area contributed by atoms with Crippen LogP contribution in [0.2, 0.25) is 0 Å². The summed E-state index contributed by atoms with van der Waals surface area (Å²) in [6.07, 6.45) is 1.45. The second kappa shape index (κ2) is 11.0. The van der Waals surface area contributed by atoms with Crippen LogP contribution in [-0.4, -0.2) is 27.6 Å². The lowest BCUT2D eigenvalue weighted by Gasteiger charge is -2.37. The van der Waals surface area contributed by atoms with Gasteiger partial charge in [-0.15, -0.1) is 21.5 Å². The van der Waals surface area contributed by atoms with Gasteiger partial charge >= 0.3 is 0 Å². The van der Waals surface area contributed by atoms with E-state index in [-0.39, 0.29) is 32.7 Å². The standard InChI is InChI=1S/C25H18F4N6O2S3/c1-10-5-6-16(39-10)18-11(8-30)23(31)35(14-3-2-4-15(36)19(14)18)24-33-34-25(40-24)38-9-17(37)32-22-20(28)12(26)7-13(27)21(22)29/h5-7,18H,2-4,9,31H2,1H3,(H,32,37). The minimum atomic E-state index is -1.72. The monoisotopic (exact) mass is 606 g/mol. The number of nitrogens with zero attached hydrogens (tertiary/aromatic N) is 4. The first-order chi connectivity index (χ1) is 19.1. The third-order valence-electron chi connectivity index (χ3n) is 6.25. The number of anilines is 2. The molecule has 0 saturated carbocycles. The summed E-state index contributed by atoms with van der Waals surface area (Å²) in [7, 11) is 0. The summed E-state index contributed by atoms with van der Waals surface area (Å²) in [5, 5.41) is 20.3. The molecule has 1 aromatic carbocycles. The molecule has 0 bridgehead atoms. The molecule has 2 aromatic heterocycles. The maximum atomic E-state index is 13.9. The first-order valence-corrected chi connectivity index (χ1v) is 14.3. The number of hydrogen-bond donors (Lipinski definition) is 2. The van der Waals surface area contributed by atoms with Gasteiger partial charge < -0.3 is 11.1 Å². The van der Waals surface area contributed by atoms with Gasteiger partial charge in [-0.2, -0.15) is 5.26 Å². The minimum absolute atomic E-state index is 0.0424. The number of hydrogen-bond acceptors (Lipinski definition) is 10. The second-order valence-corrected chi connectivity index (χ2v) is 12.3. The lowest BCUT2D eigenvalue weighted by molar-refractivity contribution is -0.116. The van der Waals surface area contributed by atoms with Crippen molar-refractivity contribution in [3.63, 3.8) is 0 Å². The molecule has 5 rings (SSSR count). The summed E-state index contributed by atoms with van der Waals surface area (Å²) in [5.74, 6) is -8.63. The van der Waals surface area contributed by atoms with E-state index in [0.29, 0.717) is 30.5 Å². The highest BCUT2D eigenvalue weighted by atomic mass is 32.2. The Bertz CT molecular complexity index is 1630. The van der Waals surface area contributed by atoms with Crippen LogP contribution >= 0.6 is 34.4 Å². The molecule has 40 heavy (non-hydrogen) atoms. The number of Topliss-reactive ketones (excluding diaryl/α,β-unsaturated/α-hetero) is 1. The van der Waals surface area contributed by atoms with E-state index in [0.717, 1.165) is 32.9 Å². The van der Waals surface area contributed by atoms with Crippen LogP contribution in [-0.2, 0) is 9.59 Å². The fourth-order valence-corrected chi connectivity index (χ4v) is 7.21. The predicted octanol–water partition coefficient (Wildman–Crippen LogP) is 5.50. The molecule has 3 aromatic rings. The van der Waals surface area contributed by atoms with Gasteiger partial charge in [0.05, 0.1) is 23.3 Å². The molecule has 0 fully saturated rings. The largest absolute Gasteiger partial charge is 0.384 e. The van der Waals surface area contributed by atoms with Gasteiger partial charge in [0.2, 0.25) is 11.0 Å². The molecule has 3 N–H and O–H groups in total. The number of nitrogens with one attached hydrogen (secondary N) is 1. The number of halogens is 4. The van der Waals surface area contributed by atoms with Gasteiger partial charge in [0.15, 0.2) is 33.4 Å². The van der Waals surface area contributed by atoms with E-state index in [1.807, 2.05) is 24.4 Å². The second-order valence-electron chi connectivity index (χ2n) is 8.80. The minimum Gasteiger partial charge on any atom is -0.384 e. The van der Waals surface area contributed by atoms with Crippen LogP contribution in [0, 0.1) is 41.5 Å². The summed E-state index contributed by atoms with van der Waals surface area (Å²) in [6.45, 7) is 1.94. The van der Waals surface area contributed by atoms with Crippen LogP contribution in [0.3, 0.4) is 0 Å². The first-order valence-electron chi connectivity index (χ1n) is 11.7. The molecule has 0 radical (unpaired) electrons. The summed E-state index contributed by atoms with van der Waals surface area (Å²) in [5.41, 5.74) is 6.61. The Morgan fingerprint density at radius 2 is 1.93 bits per heavy atom. The van der Waals surface area contributed by atoms with Gasteiger partial charge in [-0.3, -0.25) is 14.5 Å². The van der Waals surface area contributed by atoms with E-state index >= 15 is 0 Å². The van der Waals surface area contributed by atoms with Crippen molar-refractivity contribution in [2.75, 3.05) is 16.0 Å². The van der Waals surface area contributed by atoms with E-state index in [9.17, 15) is 32.4 Å². The normalized spacial score (nSPS) is 17.2. The molecule has 0 saturated heterocycles. The first kappa shape index (κ1) is 27.8. The zero-order valence-corrected chi connectivity index (χ0v) is 23.0. The van der Waals surface area contributed by atoms with E-state index in [4.69, 9.17) is 5.73 Å². The van der Waals surface area contributed by atoms with Crippen LogP contribution in [0.25, 0.3) is 0 Å². The Hall–Kier alpha value is -3.74. The van der Waals surface area contributed by atoms with Crippen LogP contribution in [0.15, 0.2) is 45.2 Å². The number of aryl methyl sites for hydroxylation is 1. The van der Waals surface area contributed by atoms with Crippen molar-refractivity contribution in [1.82, 2.24) is 10.2 Å². The van der Waals surface area contributed by atoms with Crippen LogP contribution in [0.4, 0.5) is 28.4 Å². The number of nitrogens with two attached hydrogens (primary N) is 1. The van der Waals surface area contributed by atoms with E-state index < -0.39 is 46.5 Å². The number of carbonyl (C=O) groups excluding carboxylic acids is 2. The maximum absolute atomic E-state index is 13.9. The SMILES string of the molecule is Cc1ccc(C2C(C#N)=C(N)N(c3nnc(SCC(=O)Nc4c(F)c(F)cc(F)c4F)s3)C3=C2C(=O)CCC3)s1. The quantitative estimate of drug-likeness (QED) is 0.214. The molecule has 1 amide bonds. The Morgan fingerprint density at radius 1 is 1.20 bits per heavy atom. The maximum Gasteiger partial charge on any atom is 0.234 e. The molecule has 1 aliphatic carbocycles. The average molecular weight is 607 g/mol. The number of thioether (sulfide) groups is 1. The zero-order valence-electron chi connectivity index (χ0n) is 20.6. The Morgan fingerprint density at radius 3 is 2.58 bits per heavy atom. The lowest BCUT2D eigenvalue weighted by Crippen LogP contribution is -2.38. The molecular weight excluding hydrogens is 589 g/mol. The van der Waals surface area contributed by atoms with Gasteiger partial charge in [0.25, 0.3) is 0 Å². The van der Waals surface area contributed by atoms with Crippen LogP contribution < -0.4 is 16.0 Å². The van der Waals surface area contributed by atoms with Crippen LogP contribution in [0.1, 0.15) is 34.9 Å². The number of ketones is 1. The molecule has 2 aliphatic rings. The van der Waals surface area contributed by atoms with Gasteiger partial charge in [0.1, 0.15) is 11.5 Å². The number of aromatic nitrogens is 2. The summed E-state index contributed by atoms with van der Waals surface area (Å²) in [6, 6.07) is 6.02. The highest BCUT2D eigenvalue weighted by Gasteiger charge is 2.41. The number of rotatable bonds is 6. The lowest BCUT2D eigenvalue weighted by atomic mass is 9.78. The van der Waals surface area contributed by atoms with Crippen LogP contribution in [0.5, 0.6) is 0 Å². The number of amides is 1. The molecule has 1 atom stereocenters. The average Bonchev–Trinajstić information content (AvgIpc) is 3.57. The van der Waals surface area contributed by atoms with E-state index in [1.54, 1.807) is 4.90 Å². The molecule has 1 aliphatic heterocycles. The number of carbonyl (C=O) groups is 2. The molecule has 206 valence electrons. The van der Waals surface area contributed by atoms with Crippen molar-refractivity contribution >= 4 is 56.9 Å². The van der Waals surface area contributed by atoms with Crippen molar-refractivity contribution in [3.8, 4) is 6.07 Å². The third-order valence-corrected chi connectivity index (χ3v) is 9.36. The molecule has 8 nitrogen and oxygen atoms in total. The van der Waals surface area contributed by atoms with Crippen molar-refractivity contribution in [2.45, 2.75) is 36.4 Å². The topological polar surface area (TPSA) is 125 Å².